The second kappa shape index (κ2) is 4.87. The number of halogens is 1. The first kappa shape index (κ1) is 12.1. The Hall–Kier alpha value is -2.36. The Morgan fingerprint density at radius 1 is 1.22 bits per heavy atom. The van der Waals surface area contributed by atoms with E-state index in [4.69, 9.17) is 9.84 Å². The first-order chi connectivity index (χ1) is 8.61. The fraction of sp³-hybridized carbons (Fsp3) is 0.0714. The average Bonchev–Trinajstić information content (AvgIpc) is 2.37. The van der Waals surface area contributed by atoms with E-state index in [1.807, 2.05) is 0 Å². The van der Waals surface area contributed by atoms with E-state index in [1.165, 1.54) is 31.4 Å². The summed E-state index contributed by atoms with van der Waals surface area (Å²) in [6, 6.07) is 10.5. The highest BCUT2D eigenvalue weighted by atomic mass is 19.1. The van der Waals surface area contributed by atoms with Crippen LogP contribution in [0.25, 0.3) is 11.1 Å². The first-order valence-corrected chi connectivity index (χ1v) is 5.29. The van der Waals surface area contributed by atoms with Crippen molar-refractivity contribution < 1.29 is 19.0 Å². The molecule has 18 heavy (non-hydrogen) atoms. The number of benzene rings is 2. The third kappa shape index (κ3) is 2.32. The maximum absolute atomic E-state index is 13.2. The Morgan fingerprint density at radius 3 is 2.61 bits per heavy atom. The molecule has 0 spiro atoms. The van der Waals surface area contributed by atoms with Crippen molar-refractivity contribution in [2.75, 3.05) is 7.11 Å². The van der Waals surface area contributed by atoms with Crippen LogP contribution >= 0.6 is 0 Å². The van der Waals surface area contributed by atoms with Gasteiger partial charge in [-0.05, 0) is 35.9 Å². The van der Waals surface area contributed by atoms with Gasteiger partial charge in [-0.15, -0.1) is 0 Å². The molecule has 0 saturated heterocycles. The quantitative estimate of drug-likeness (QED) is 0.904. The Bertz CT molecular complexity index is 593. The van der Waals surface area contributed by atoms with Crippen LogP contribution in [0.2, 0.25) is 0 Å². The number of hydrogen-bond donors (Lipinski definition) is 1. The van der Waals surface area contributed by atoms with Gasteiger partial charge in [-0.1, -0.05) is 12.1 Å². The molecule has 92 valence electrons. The van der Waals surface area contributed by atoms with Gasteiger partial charge in [0, 0.05) is 5.56 Å². The van der Waals surface area contributed by atoms with Gasteiger partial charge in [0.1, 0.15) is 11.6 Å². The van der Waals surface area contributed by atoms with Gasteiger partial charge in [-0.3, -0.25) is 0 Å². The monoisotopic (exact) mass is 246 g/mol. The molecule has 0 bridgehead atoms. The Labute approximate surface area is 103 Å². The molecule has 1 N–H and O–H groups in total. The topological polar surface area (TPSA) is 46.5 Å². The van der Waals surface area contributed by atoms with E-state index >= 15 is 0 Å². The summed E-state index contributed by atoms with van der Waals surface area (Å²) < 4.78 is 18.3. The van der Waals surface area contributed by atoms with E-state index in [1.54, 1.807) is 18.2 Å². The van der Waals surface area contributed by atoms with Crippen LogP contribution in [-0.2, 0) is 0 Å². The highest BCUT2D eigenvalue weighted by molar-refractivity contribution is 5.89. The van der Waals surface area contributed by atoms with Crippen molar-refractivity contribution in [3.05, 3.63) is 53.8 Å². The summed E-state index contributed by atoms with van der Waals surface area (Å²) in [5.41, 5.74) is 1.43. The van der Waals surface area contributed by atoms with Crippen LogP contribution in [0.5, 0.6) is 5.75 Å². The molecule has 0 saturated carbocycles. The zero-order valence-corrected chi connectivity index (χ0v) is 9.68. The number of hydrogen-bond acceptors (Lipinski definition) is 2. The summed E-state index contributed by atoms with van der Waals surface area (Å²) in [5, 5.41) is 8.89. The summed E-state index contributed by atoms with van der Waals surface area (Å²) >= 11 is 0. The second-order valence-electron chi connectivity index (χ2n) is 3.73. The highest BCUT2D eigenvalue weighted by Crippen LogP contribution is 2.31. The lowest BCUT2D eigenvalue weighted by atomic mass is 10.0. The lowest BCUT2D eigenvalue weighted by Crippen LogP contribution is -1.98. The molecule has 0 aliphatic heterocycles. The minimum absolute atomic E-state index is 0.131. The number of aromatic carboxylic acids is 1. The number of rotatable bonds is 3. The second-order valence-corrected chi connectivity index (χ2v) is 3.73. The van der Waals surface area contributed by atoms with Crippen molar-refractivity contribution >= 4 is 5.97 Å². The zero-order chi connectivity index (χ0) is 13.1. The third-order valence-corrected chi connectivity index (χ3v) is 2.58. The fourth-order valence-corrected chi connectivity index (χ4v) is 1.72. The molecule has 0 unspecified atom stereocenters. The Kier molecular flexibility index (Phi) is 3.28. The molecule has 3 nitrogen and oxygen atoms in total. The number of carboxylic acid groups (broad SMARTS) is 1. The summed E-state index contributed by atoms with van der Waals surface area (Å²) in [5.74, 6) is -0.976. The predicted octanol–water partition coefficient (Wildman–Crippen LogP) is 3.20. The van der Waals surface area contributed by atoms with E-state index in [9.17, 15) is 9.18 Å². The highest BCUT2D eigenvalue weighted by Gasteiger charge is 2.10. The average molecular weight is 246 g/mol. The number of ether oxygens (including phenoxy) is 1. The fourth-order valence-electron chi connectivity index (χ4n) is 1.72. The molecule has 2 rings (SSSR count). The van der Waals surface area contributed by atoms with E-state index in [0.29, 0.717) is 16.9 Å². The zero-order valence-electron chi connectivity index (χ0n) is 9.68. The molecule has 2 aromatic rings. The van der Waals surface area contributed by atoms with Crippen molar-refractivity contribution in [2.24, 2.45) is 0 Å². The molecule has 4 heteroatoms. The Morgan fingerprint density at radius 2 is 2.00 bits per heavy atom. The molecule has 0 fully saturated rings. The molecule has 0 heterocycles. The van der Waals surface area contributed by atoms with Crippen molar-refractivity contribution in [2.45, 2.75) is 0 Å². The van der Waals surface area contributed by atoms with Gasteiger partial charge >= 0.3 is 5.97 Å². The molecule has 0 aliphatic rings. The molecule has 0 radical (unpaired) electrons. The van der Waals surface area contributed by atoms with E-state index < -0.39 is 5.97 Å². The van der Waals surface area contributed by atoms with Crippen LogP contribution in [-0.4, -0.2) is 18.2 Å². The summed E-state index contributed by atoms with van der Waals surface area (Å²) in [6.07, 6.45) is 0. The molecule has 0 aromatic heterocycles. The van der Waals surface area contributed by atoms with Gasteiger partial charge in [0.15, 0.2) is 0 Å². The van der Waals surface area contributed by atoms with Crippen LogP contribution in [0.4, 0.5) is 4.39 Å². The van der Waals surface area contributed by atoms with E-state index in [0.717, 1.165) is 0 Å². The minimum Gasteiger partial charge on any atom is -0.496 e. The summed E-state index contributed by atoms with van der Waals surface area (Å²) in [7, 11) is 1.45. The normalized spacial score (nSPS) is 10.1. The van der Waals surface area contributed by atoms with Crippen molar-refractivity contribution in [1.82, 2.24) is 0 Å². The first-order valence-electron chi connectivity index (χ1n) is 5.29. The third-order valence-electron chi connectivity index (χ3n) is 2.58. The lowest BCUT2D eigenvalue weighted by molar-refractivity contribution is 0.0696. The van der Waals surface area contributed by atoms with Crippen molar-refractivity contribution in [1.29, 1.82) is 0 Å². The summed E-state index contributed by atoms with van der Waals surface area (Å²) in [4.78, 5) is 10.9. The maximum atomic E-state index is 13.2. The predicted molar refractivity (Wildman–Crippen MR) is 65.3 cm³/mol. The lowest BCUT2D eigenvalue weighted by Gasteiger charge is -2.09. The largest absolute Gasteiger partial charge is 0.496 e. The van der Waals surface area contributed by atoms with Gasteiger partial charge in [0.2, 0.25) is 0 Å². The van der Waals surface area contributed by atoms with E-state index in [2.05, 4.69) is 0 Å². The molecule has 0 aliphatic carbocycles. The number of methoxy groups -OCH3 is 1. The molecular formula is C14H11FO3. The smallest absolute Gasteiger partial charge is 0.335 e. The number of carbonyl (C=O) groups is 1. The van der Waals surface area contributed by atoms with E-state index in [-0.39, 0.29) is 11.4 Å². The van der Waals surface area contributed by atoms with Crippen molar-refractivity contribution in [3.8, 4) is 16.9 Å². The van der Waals surface area contributed by atoms with Crippen LogP contribution in [0.15, 0.2) is 42.5 Å². The van der Waals surface area contributed by atoms with Gasteiger partial charge in [0.25, 0.3) is 0 Å². The summed E-state index contributed by atoms with van der Waals surface area (Å²) in [6.45, 7) is 0. The van der Waals surface area contributed by atoms with Gasteiger partial charge in [0.05, 0.1) is 12.7 Å². The molecule has 0 amide bonds. The van der Waals surface area contributed by atoms with Crippen LogP contribution in [0.3, 0.4) is 0 Å². The number of carboxylic acids is 1. The SMILES string of the molecule is COc1cc(C(=O)O)ccc1-c1cccc(F)c1. The minimum atomic E-state index is -1.03. The molecule has 2 aromatic carbocycles. The van der Waals surface area contributed by atoms with Crippen LogP contribution < -0.4 is 4.74 Å². The van der Waals surface area contributed by atoms with Crippen LogP contribution in [0, 0.1) is 5.82 Å². The maximum Gasteiger partial charge on any atom is 0.335 e. The molecule has 0 atom stereocenters. The Balaban J connectivity index is 2.54. The van der Waals surface area contributed by atoms with Gasteiger partial charge in [-0.2, -0.15) is 0 Å². The van der Waals surface area contributed by atoms with Crippen molar-refractivity contribution in [3.63, 3.8) is 0 Å². The van der Waals surface area contributed by atoms with Gasteiger partial charge < -0.3 is 9.84 Å². The molecular weight excluding hydrogens is 235 g/mol. The standard InChI is InChI=1S/C14H11FO3/c1-18-13-8-10(14(16)17)5-6-12(13)9-3-2-4-11(15)7-9/h2-8H,1H3,(H,16,17). The van der Waals surface area contributed by atoms with Crippen LogP contribution in [0.1, 0.15) is 10.4 Å². The van der Waals surface area contributed by atoms with Gasteiger partial charge in [-0.25, -0.2) is 9.18 Å².